The predicted octanol–water partition coefficient (Wildman–Crippen LogP) is 5.43. The molecule has 0 radical (unpaired) electrons. The normalized spacial score (nSPS) is 13.0. The summed E-state index contributed by atoms with van der Waals surface area (Å²) in [5, 5.41) is 9.59. The largest absolute Gasteiger partial charge is 0.369 e. The molecule has 0 unspecified atom stereocenters. The summed E-state index contributed by atoms with van der Waals surface area (Å²) >= 11 is 12.8. The van der Waals surface area contributed by atoms with Crippen molar-refractivity contribution in [1.82, 2.24) is 9.78 Å². The average molecular weight is 358 g/mol. The van der Waals surface area contributed by atoms with Crippen LogP contribution in [-0.2, 0) is 6.42 Å². The summed E-state index contributed by atoms with van der Waals surface area (Å²) in [6.07, 6.45) is 0.914. The third-order valence-corrected chi connectivity index (χ3v) is 5.07. The molecule has 2 aromatic carbocycles. The maximum Gasteiger partial charge on any atom is 0.133 e. The van der Waals surface area contributed by atoms with Crippen LogP contribution in [0.25, 0.3) is 16.9 Å². The van der Waals surface area contributed by atoms with E-state index in [9.17, 15) is 0 Å². The van der Waals surface area contributed by atoms with Gasteiger partial charge in [-0.25, -0.2) is 4.68 Å². The summed E-state index contributed by atoms with van der Waals surface area (Å²) < 4.78 is 1.99. The lowest BCUT2D eigenvalue weighted by molar-refractivity contribution is 0.874. The number of fused-ring (bicyclic) bond motifs is 1. The molecule has 0 spiro atoms. The van der Waals surface area contributed by atoms with Crippen molar-refractivity contribution in [3.8, 4) is 16.9 Å². The van der Waals surface area contributed by atoms with E-state index in [1.165, 1.54) is 16.7 Å². The van der Waals surface area contributed by atoms with Crippen LogP contribution in [0.2, 0.25) is 10.0 Å². The highest BCUT2D eigenvalue weighted by molar-refractivity contribution is 6.39. The van der Waals surface area contributed by atoms with Gasteiger partial charge in [-0.05, 0) is 49.6 Å². The fourth-order valence-electron chi connectivity index (χ4n) is 3.22. The molecule has 5 heteroatoms. The van der Waals surface area contributed by atoms with E-state index in [1.807, 2.05) is 22.9 Å². The van der Waals surface area contributed by atoms with Crippen LogP contribution in [-0.4, -0.2) is 16.3 Å². The lowest BCUT2D eigenvalue weighted by Crippen LogP contribution is -2.06. The number of benzene rings is 2. The molecule has 3 aromatic rings. The Hall–Kier alpha value is -1.97. The smallest absolute Gasteiger partial charge is 0.133 e. The Bertz CT molecular complexity index is 924. The van der Waals surface area contributed by atoms with Crippen LogP contribution in [0.1, 0.15) is 16.7 Å². The van der Waals surface area contributed by atoms with Crippen LogP contribution in [0.4, 0.5) is 5.82 Å². The molecular weight excluding hydrogens is 341 g/mol. The van der Waals surface area contributed by atoms with Crippen LogP contribution in [0.3, 0.4) is 0 Å². The number of hydrogen-bond acceptors (Lipinski definition) is 2. The molecule has 0 bridgehead atoms. The minimum atomic E-state index is 0.628. The topological polar surface area (TPSA) is 29.9 Å². The Morgan fingerprint density at radius 2 is 1.83 bits per heavy atom. The average Bonchev–Trinajstić information content (AvgIpc) is 3.13. The Balaban J connectivity index is 1.98. The molecule has 1 N–H and O–H groups in total. The van der Waals surface area contributed by atoms with Crippen molar-refractivity contribution in [3.63, 3.8) is 0 Å². The maximum absolute atomic E-state index is 6.42. The van der Waals surface area contributed by atoms with Crippen molar-refractivity contribution in [2.24, 2.45) is 0 Å². The van der Waals surface area contributed by atoms with Gasteiger partial charge < -0.3 is 5.32 Å². The lowest BCUT2D eigenvalue weighted by atomic mass is 10.1. The number of nitrogens with one attached hydrogen (secondary N) is 1. The van der Waals surface area contributed by atoms with Crippen molar-refractivity contribution in [2.75, 3.05) is 11.9 Å². The van der Waals surface area contributed by atoms with Gasteiger partial charge in [0.15, 0.2) is 0 Å². The second-order valence-corrected chi connectivity index (χ2v) is 6.97. The Kier molecular flexibility index (Phi) is 3.78. The first-order chi connectivity index (χ1) is 11.6. The van der Waals surface area contributed by atoms with Crippen molar-refractivity contribution in [3.05, 3.63) is 63.1 Å². The molecule has 24 heavy (non-hydrogen) atoms. The number of halogens is 2. The quantitative estimate of drug-likeness (QED) is 0.662. The van der Waals surface area contributed by atoms with E-state index in [-0.39, 0.29) is 0 Å². The summed E-state index contributed by atoms with van der Waals surface area (Å²) in [7, 11) is 0. The second kappa shape index (κ2) is 5.83. The van der Waals surface area contributed by atoms with Crippen LogP contribution >= 0.6 is 23.2 Å². The number of anilines is 1. The molecule has 0 saturated carbocycles. The standard InChI is InChI=1S/C19H17Cl2N3/c1-11-6-7-12(2)16(10-11)24-19-13(8-9-22-19)18(23-24)17-14(20)4-3-5-15(17)21/h3-7,10,22H,8-9H2,1-2H3. The van der Waals surface area contributed by atoms with Crippen molar-refractivity contribution >= 4 is 29.0 Å². The highest BCUT2D eigenvalue weighted by atomic mass is 35.5. The Labute approximate surface area is 151 Å². The van der Waals surface area contributed by atoms with Crippen LogP contribution < -0.4 is 5.32 Å². The highest BCUT2D eigenvalue weighted by Gasteiger charge is 2.26. The molecule has 0 fully saturated rings. The van der Waals surface area contributed by atoms with Crippen LogP contribution in [0, 0.1) is 13.8 Å². The molecule has 0 aliphatic carbocycles. The fraction of sp³-hybridized carbons (Fsp3) is 0.211. The van der Waals surface area contributed by atoms with Gasteiger partial charge in [-0.2, -0.15) is 5.10 Å². The van der Waals surface area contributed by atoms with Gasteiger partial charge in [0.05, 0.1) is 15.7 Å². The van der Waals surface area contributed by atoms with Crippen LogP contribution in [0.15, 0.2) is 36.4 Å². The molecular formula is C19H17Cl2N3. The lowest BCUT2D eigenvalue weighted by Gasteiger charge is -2.10. The van der Waals surface area contributed by atoms with Gasteiger partial charge in [0, 0.05) is 17.7 Å². The zero-order valence-electron chi connectivity index (χ0n) is 13.5. The third kappa shape index (κ3) is 2.40. The first-order valence-electron chi connectivity index (χ1n) is 7.94. The van der Waals surface area contributed by atoms with Gasteiger partial charge in [-0.3, -0.25) is 0 Å². The van der Waals surface area contributed by atoms with Gasteiger partial charge in [0.1, 0.15) is 11.5 Å². The van der Waals surface area contributed by atoms with Crippen molar-refractivity contribution < 1.29 is 0 Å². The van der Waals surface area contributed by atoms with Crippen LogP contribution in [0.5, 0.6) is 0 Å². The molecule has 122 valence electrons. The van der Waals surface area contributed by atoms with E-state index in [1.54, 1.807) is 0 Å². The first kappa shape index (κ1) is 15.6. The molecule has 0 atom stereocenters. The summed E-state index contributed by atoms with van der Waals surface area (Å²) in [6.45, 7) is 5.08. The molecule has 0 amide bonds. The van der Waals surface area contributed by atoms with Gasteiger partial charge in [-0.1, -0.05) is 41.4 Å². The number of aryl methyl sites for hydroxylation is 2. The van der Waals surface area contributed by atoms with E-state index in [0.717, 1.165) is 35.7 Å². The maximum atomic E-state index is 6.42. The van der Waals surface area contributed by atoms with Crippen molar-refractivity contribution in [2.45, 2.75) is 20.3 Å². The molecule has 1 aromatic heterocycles. The van der Waals surface area contributed by atoms with Gasteiger partial charge in [0.2, 0.25) is 0 Å². The minimum absolute atomic E-state index is 0.628. The van der Waals surface area contributed by atoms with Gasteiger partial charge in [-0.15, -0.1) is 0 Å². The van der Waals surface area contributed by atoms with Crippen molar-refractivity contribution in [1.29, 1.82) is 0 Å². The Morgan fingerprint density at radius 1 is 1.08 bits per heavy atom. The third-order valence-electron chi connectivity index (χ3n) is 4.44. The molecule has 1 aliphatic rings. The highest BCUT2D eigenvalue weighted by Crippen LogP contribution is 2.41. The number of nitrogens with zero attached hydrogens (tertiary/aromatic N) is 2. The van der Waals surface area contributed by atoms with E-state index in [0.29, 0.717) is 10.0 Å². The summed E-state index contributed by atoms with van der Waals surface area (Å²) in [5.41, 5.74) is 6.31. The summed E-state index contributed by atoms with van der Waals surface area (Å²) in [6, 6.07) is 12.0. The zero-order valence-corrected chi connectivity index (χ0v) is 15.0. The predicted molar refractivity (Wildman–Crippen MR) is 101 cm³/mol. The van der Waals surface area contributed by atoms with Gasteiger partial charge >= 0.3 is 0 Å². The summed E-state index contributed by atoms with van der Waals surface area (Å²) in [5.74, 6) is 1.04. The second-order valence-electron chi connectivity index (χ2n) is 6.15. The molecule has 3 nitrogen and oxygen atoms in total. The number of hydrogen-bond donors (Lipinski definition) is 1. The van der Waals surface area contributed by atoms with E-state index in [4.69, 9.17) is 28.3 Å². The first-order valence-corrected chi connectivity index (χ1v) is 8.69. The Morgan fingerprint density at radius 3 is 2.58 bits per heavy atom. The number of rotatable bonds is 2. The minimum Gasteiger partial charge on any atom is -0.369 e. The van der Waals surface area contributed by atoms with E-state index < -0.39 is 0 Å². The van der Waals surface area contributed by atoms with E-state index >= 15 is 0 Å². The van der Waals surface area contributed by atoms with Gasteiger partial charge in [0.25, 0.3) is 0 Å². The van der Waals surface area contributed by atoms with E-state index in [2.05, 4.69) is 37.4 Å². The monoisotopic (exact) mass is 357 g/mol. The zero-order chi connectivity index (χ0) is 16.8. The number of aromatic nitrogens is 2. The molecule has 0 saturated heterocycles. The molecule has 2 heterocycles. The fourth-order valence-corrected chi connectivity index (χ4v) is 3.80. The molecule has 4 rings (SSSR count). The molecule has 1 aliphatic heterocycles. The SMILES string of the molecule is Cc1ccc(C)c(-n2nc(-c3c(Cl)cccc3Cl)c3c2NCC3)c1. The summed E-state index contributed by atoms with van der Waals surface area (Å²) in [4.78, 5) is 0.